The van der Waals surface area contributed by atoms with Crippen molar-refractivity contribution < 1.29 is 19.1 Å². The molecule has 0 aliphatic rings. The predicted molar refractivity (Wildman–Crippen MR) is 60.4 cm³/mol. The minimum atomic E-state index is -0.856. The molecule has 0 aliphatic carbocycles. The number of carboxylic acid groups (broad SMARTS) is 1. The van der Waals surface area contributed by atoms with Crippen molar-refractivity contribution in [3.63, 3.8) is 0 Å². The quantitative estimate of drug-likeness (QED) is 0.696. The first-order chi connectivity index (χ1) is 8.09. The van der Waals surface area contributed by atoms with E-state index in [1.54, 1.807) is 19.3 Å². The van der Waals surface area contributed by atoms with Crippen molar-refractivity contribution in [2.45, 2.75) is 19.9 Å². The largest absolute Gasteiger partial charge is 0.481 e. The number of carboxylic acids is 1. The third kappa shape index (κ3) is 5.05. The van der Waals surface area contributed by atoms with Crippen LogP contribution in [0.25, 0.3) is 0 Å². The monoisotopic (exact) mass is 240 g/mol. The molecule has 0 saturated heterocycles. The fourth-order valence-electron chi connectivity index (χ4n) is 1.16. The zero-order valence-electron chi connectivity index (χ0n) is 9.60. The van der Waals surface area contributed by atoms with Gasteiger partial charge in [-0.05, 0) is 12.5 Å². The number of aliphatic carboxylic acids is 1. The van der Waals surface area contributed by atoms with E-state index < -0.39 is 11.9 Å². The summed E-state index contributed by atoms with van der Waals surface area (Å²) in [4.78, 5) is 21.8. The Morgan fingerprint density at radius 2 is 2.24 bits per heavy atom. The number of amides is 2. The van der Waals surface area contributed by atoms with E-state index >= 15 is 0 Å². The number of carbonyl (C=O) groups is 2. The molecule has 0 aromatic carbocycles. The molecule has 6 heteroatoms. The highest BCUT2D eigenvalue weighted by Crippen LogP contribution is 2.00. The maximum Gasteiger partial charge on any atom is 0.315 e. The van der Waals surface area contributed by atoms with Gasteiger partial charge in [-0.25, -0.2) is 4.79 Å². The minimum Gasteiger partial charge on any atom is -0.481 e. The molecule has 94 valence electrons. The zero-order chi connectivity index (χ0) is 12.7. The van der Waals surface area contributed by atoms with Gasteiger partial charge in [0.1, 0.15) is 0 Å². The van der Waals surface area contributed by atoms with Gasteiger partial charge in [-0.1, -0.05) is 6.92 Å². The van der Waals surface area contributed by atoms with Gasteiger partial charge in [-0.2, -0.15) is 0 Å². The molecule has 0 aliphatic heterocycles. The molecule has 1 aromatic heterocycles. The molecule has 1 unspecified atom stereocenters. The van der Waals surface area contributed by atoms with Crippen LogP contribution in [0.2, 0.25) is 0 Å². The molecule has 2 amide bonds. The maximum absolute atomic E-state index is 11.3. The molecule has 0 saturated carbocycles. The Hall–Kier alpha value is -1.98. The number of furan rings is 1. The third-order valence-corrected chi connectivity index (χ3v) is 2.32. The first-order valence-electron chi connectivity index (χ1n) is 5.35. The average Bonchev–Trinajstić information content (AvgIpc) is 2.78. The maximum atomic E-state index is 11.3. The van der Waals surface area contributed by atoms with E-state index in [2.05, 4.69) is 10.6 Å². The van der Waals surface area contributed by atoms with Gasteiger partial charge < -0.3 is 20.2 Å². The molecule has 6 nitrogen and oxygen atoms in total. The van der Waals surface area contributed by atoms with Crippen molar-refractivity contribution in [2.24, 2.45) is 5.92 Å². The minimum absolute atomic E-state index is 0.316. The summed E-state index contributed by atoms with van der Waals surface area (Å²) in [6.45, 7) is 2.33. The summed E-state index contributed by atoms with van der Waals surface area (Å²) in [5.41, 5.74) is 0.874. The van der Waals surface area contributed by atoms with Crippen molar-refractivity contribution in [1.82, 2.24) is 10.6 Å². The SMILES string of the molecule is CC(CCNC(=O)NCc1ccoc1)C(=O)O. The van der Waals surface area contributed by atoms with Crippen molar-refractivity contribution >= 4 is 12.0 Å². The molecule has 0 fully saturated rings. The smallest absolute Gasteiger partial charge is 0.315 e. The Morgan fingerprint density at radius 3 is 2.82 bits per heavy atom. The molecular weight excluding hydrogens is 224 g/mol. The third-order valence-electron chi connectivity index (χ3n) is 2.32. The van der Waals surface area contributed by atoms with Gasteiger partial charge in [-0.3, -0.25) is 4.79 Å². The second-order valence-electron chi connectivity index (χ2n) is 3.77. The van der Waals surface area contributed by atoms with E-state index in [-0.39, 0.29) is 6.03 Å². The first kappa shape index (κ1) is 13.1. The molecular formula is C11H16N2O4. The normalized spacial score (nSPS) is 11.8. The van der Waals surface area contributed by atoms with Crippen molar-refractivity contribution in [3.05, 3.63) is 24.2 Å². The van der Waals surface area contributed by atoms with Crippen LogP contribution in [0.3, 0.4) is 0 Å². The van der Waals surface area contributed by atoms with Crippen LogP contribution in [0.1, 0.15) is 18.9 Å². The van der Waals surface area contributed by atoms with Crippen molar-refractivity contribution in [1.29, 1.82) is 0 Å². The lowest BCUT2D eigenvalue weighted by Crippen LogP contribution is -2.36. The van der Waals surface area contributed by atoms with Gasteiger partial charge in [0.05, 0.1) is 18.4 Å². The molecule has 0 bridgehead atoms. The number of hydrogen-bond donors (Lipinski definition) is 3. The van der Waals surface area contributed by atoms with E-state index in [9.17, 15) is 9.59 Å². The van der Waals surface area contributed by atoms with E-state index in [4.69, 9.17) is 9.52 Å². The van der Waals surface area contributed by atoms with Gasteiger partial charge in [0.25, 0.3) is 0 Å². The lowest BCUT2D eigenvalue weighted by atomic mass is 10.1. The standard InChI is InChI=1S/C11H16N2O4/c1-8(10(14)15)2-4-12-11(16)13-6-9-3-5-17-7-9/h3,5,7-8H,2,4,6H2,1H3,(H,14,15)(H2,12,13,16). The lowest BCUT2D eigenvalue weighted by Gasteiger charge is -2.08. The summed E-state index contributed by atoms with van der Waals surface area (Å²) in [7, 11) is 0. The van der Waals surface area contributed by atoms with Crippen molar-refractivity contribution in [2.75, 3.05) is 6.54 Å². The summed E-state index contributed by atoms with van der Waals surface area (Å²) in [5, 5.41) is 13.9. The number of nitrogens with one attached hydrogen (secondary N) is 2. The van der Waals surface area contributed by atoms with E-state index in [1.807, 2.05) is 0 Å². The molecule has 1 rings (SSSR count). The molecule has 1 heterocycles. The van der Waals surface area contributed by atoms with Gasteiger partial charge >= 0.3 is 12.0 Å². The van der Waals surface area contributed by atoms with Crippen molar-refractivity contribution in [3.8, 4) is 0 Å². The summed E-state index contributed by atoms with van der Waals surface area (Å²) >= 11 is 0. The van der Waals surface area contributed by atoms with Crippen LogP contribution in [0.5, 0.6) is 0 Å². The highest BCUT2D eigenvalue weighted by Gasteiger charge is 2.10. The van der Waals surface area contributed by atoms with Crippen LogP contribution in [0.15, 0.2) is 23.0 Å². The second kappa shape index (κ2) is 6.57. The number of rotatable bonds is 6. The summed E-state index contributed by atoms with van der Waals surface area (Å²) in [5.74, 6) is -1.31. The fraction of sp³-hybridized carbons (Fsp3) is 0.455. The topological polar surface area (TPSA) is 91.6 Å². The number of hydrogen-bond acceptors (Lipinski definition) is 3. The van der Waals surface area contributed by atoms with Gasteiger partial charge in [0, 0.05) is 18.7 Å². The van der Waals surface area contributed by atoms with Crippen LogP contribution >= 0.6 is 0 Å². The Labute approximate surface area is 99.0 Å². The highest BCUT2D eigenvalue weighted by molar-refractivity contribution is 5.74. The Balaban J connectivity index is 2.11. The van der Waals surface area contributed by atoms with Crippen LogP contribution in [0.4, 0.5) is 4.79 Å². The van der Waals surface area contributed by atoms with Crippen LogP contribution in [-0.4, -0.2) is 23.7 Å². The summed E-state index contributed by atoms with van der Waals surface area (Å²) in [6.07, 6.45) is 3.49. The Morgan fingerprint density at radius 1 is 1.47 bits per heavy atom. The summed E-state index contributed by atoms with van der Waals surface area (Å²) < 4.78 is 4.85. The predicted octanol–water partition coefficient (Wildman–Crippen LogP) is 1.19. The fourth-order valence-corrected chi connectivity index (χ4v) is 1.16. The van der Waals surface area contributed by atoms with Crippen LogP contribution in [0, 0.1) is 5.92 Å². The van der Waals surface area contributed by atoms with Gasteiger partial charge in [0.2, 0.25) is 0 Å². The van der Waals surface area contributed by atoms with E-state index in [0.29, 0.717) is 19.5 Å². The lowest BCUT2D eigenvalue weighted by molar-refractivity contribution is -0.141. The second-order valence-corrected chi connectivity index (χ2v) is 3.77. The van der Waals surface area contributed by atoms with Gasteiger partial charge in [0.15, 0.2) is 0 Å². The first-order valence-corrected chi connectivity index (χ1v) is 5.35. The Bertz CT molecular complexity index is 362. The molecule has 17 heavy (non-hydrogen) atoms. The number of carbonyl (C=O) groups excluding carboxylic acids is 1. The van der Waals surface area contributed by atoms with Crippen LogP contribution in [-0.2, 0) is 11.3 Å². The molecule has 0 radical (unpaired) electrons. The zero-order valence-corrected chi connectivity index (χ0v) is 9.60. The molecule has 3 N–H and O–H groups in total. The van der Waals surface area contributed by atoms with Crippen LogP contribution < -0.4 is 10.6 Å². The number of urea groups is 1. The molecule has 1 atom stereocenters. The summed E-state index contributed by atoms with van der Waals surface area (Å²) in [6, 6.07) is 1.44. The molecule has 0 spiro atoms. The highest BCUT2D eigenvalue weighted by atomic mass is 16.4. The van der Waals surface area contributed by atoms with E-state index in [0.717, 1.165) is 5.56 Å². The average molecular weight is 240 g/mol. The Kier molecular flexibility index (Phi) is 5.06. The van der Waals surface area contributed by atoms with Gasteiger partial charge in [-0.15, -0.1) is 0 Å². The van der Waals surface area contributed by atoms with E-state index in [1.165, 1.54) is 6.26 Å². The molecule has 1 aromatic rings.